The van der Waals surface area contributed by atoms with Crippen molar-refractivity contribution in [2.75, 3.05) is 7.11 Å². The number of hydrogen-bond donors (Lipinski definition) is 1. The number of carbonyl (C=O) groups excluding carboxylic acids is 2. The molecule has 0 bridgehead atoms. The van der Waals surface area contributed by atoms with Gasteiger partial charge in [-0.05, 0) is 13.0 Å². The summed E-state index contributed by atoms with van der Waals surface area (Å²) in [5, 5.41) is 10.4. The van der Waals surface area contributed by atoms with E-state index in [-0.39, 0.29) is 52.1 Å². The Bertz CT molecular complexity index is 798. The van der Waals surface area contributed by atoms with Crippen molar-refractivity contribution in [2.24, 2.45) is 0 Å². The van der Waals surface area contributed by atoms with E-state index in [1.807, 2.05) is 6.08 Å². The van der Waals surface area contributed by atoms with Crippen LogP contribution < -0.4 is 4.74 Å². The second-order valence-corrected chi connectivity index (χ2v) is 6.62. The van der Waals surface area contributed by atoms with Crippen LogP contribution in [0.25, 0.3) is 0 Å². The van der Waals surface area contributed by atoms with Crippen molar-refractivity contribution < 1.29 is 28.9 Å². The Morgan fingerprint density at radius 3 is 2.81 bits per heavy atom. The summed E-state index contributed by atoms with van der Waals surface area (Å²) in [7, 11) is 1.38. The molecule has 0 aromatic heterocycles. The largest absolute Gasteiger partial charge is 0.507 e. The molecule has 3 atom stereocenters. The van der Waals surface area contributed by atoms with Gasteiger partial charge < -0.3 is 19.3 Å². The van der Waals surface area contributed by atoms with E-state index in [0.29, 0.717) is 6.42 Å². The first-order valence-corrected chi connectivity index (χ1v) is 8.61. The van der Waals surface area contributed by atoms with Crippen molar-refractivity contribution in [2.45, 2.75) is 38.1 Å². The Morgan fingerprint density at radius 2 is 2.08 bits per heavy atom. The Kier molecular flexibility index (Phi) is 5.34. The summed E-state index contributed by atoms with van der Waals surface area (Å²) in [5.41, 5.74) is 0.0576. The molecule has 0 amide bonds. The van der Waals surface area contributed by atoms with E-state index in [1.54, 1.807) is 19.1 Å². The number of methoxy groups -OCH3 is 1. The fourth-order valence-corrected chi connectivity index (χ4v) is 3.21. The number of esters is 1. The molecular weight excluding hydrogens is 360 g/mol. The van der Waals surface area contributed by atoms with Crippen molar-refractivity contribution in [3.63, 3.8) is 0 Å². The number of fused-ring (bicyclic) bond motifs is 2. The number of hydrogen-bond acceptors (Lipinski definition) is 6. The minimum absolute atomic E-state index is 0.0337. The molecule has 2 heterocycles. The van der Waals surface area contributed by atoms with Crippen molar-refractivity contribution in [3.8, 4) is 11.5 Å². The van der Waals surface area contributed by atoms with Crippen LogP contribution in [0.15, 0.2) is 30.4 Å². The fourth-order valence-electron chi connectivity index (χ4n) is 2.92. The van der Waals surface area contributed by atoms with E-state index < -0.39 is 12.1 Å². The molecule has 1 fully saturated rings. The molecule has 0 unspecified atom stereocenters. The lowest BCUT2D eigenvalue weighted by molar-refractivity contribution is -0.114. The number of ether oxygens (including phenoxy) is 3. The number of phenols is 1. The average molecular weight is 379 g/mol. The smallest absolute Gasteiger partial charge is 0.342 e. The highest BCUT2D eigenvalue weighted by Gasteiger charge is 2.38. The molecule has 2 aliphatic rings. The third kappa shape index (κ3) is 3.92. The fraction of sp³-hybridized carbons (Fsp3) is 0.368. The van der Waals surface area contributed by atoms with Gasteiger partial charge >= 0.3 is 5.97 Å². The Labute approximate surface area is 156 Å². The molecule has 1 aromatic carbocycles. The standard InChI is InChI=1S/C19H19ClO6/c1-10-7-15-14(26-15)6-4-3-5-11(21)8-12-17(19(23)25-10)13(22)9-16(24-2)18(12)20/h3-6,9-10,14-15,22H,7-8H2,1-2H3/b5-3+,6-4-/t10-,14-,15-/m1/s1. The lowest BCUT2D eigenvalue weighted by Gasteiger charge is -2.17. The topological polar surface area (TPSA) is 85.4 Å². The Balaban J connectivity index is 2.03. The van der Waals surface area contributed by atoms with Gasteiger partial charge in [0.25, 0.3) is 0 Å². The van der Waals surface area contributed by atoms with E-state index >= 15 is 0 Å². The summed E-state index contributed by atoms with van der Waals surface area (Å²) in [4.78, 5) is 24.9. The number of epoxide rings is 1. The highest BCUT2D eigenvalue weighted by atomic mass is 35.5. The zero-order valence-corrected chi connectivity index (χ0v) is 15.2. The monoisotopic (exact) mass is 378 g/mol. The molecule has 0 spiro atoms. The molecule has 1 saturated heterocycles. The van der Waals surface area contributed by atoms with E-state index in [2.05, 4.69) is 0 Å². The maximum Gasteiger partial charge on any atom is 0.342 e. The molecule has 1 aromatic rings. The number of rotatable bonds is 1. The number of aromatic hydroxyl groups is 1. The number of cyclic esters (lactones) is 1. The summed E-state index contributed by atoms with van der Waals surface area (Å²) in [6.07, 6.45) is 6.45. The van der Waals surface area contributed by atoms with Gasteiger partial charge in [-0.2, -0.15) is 0 Å². The van der Waals surface area contributed by atoms with Gasteiger partial charge in [0.15, 0.2) is 5.78 Å². The van der Waals surface area contributed by atoms with Crippen molar-refractivity contribution in [1.29, 1.82) is 0 Å². The number of phenolic OH excluding ortho intramolecular Hbond substituents is 1. The van der Waals surface area contributed by atoms with Crippen molar-refractivity contribution in [1.82, 2.24) is 0 Å². The van der Waals surface area contributed by atoms with Crippen LogP contribution in [0.5, 0.6) is 11.5 Å². The Morgan fingerprint density at radius 1 is 1.31 bits per heavy atom. The van der Waals surface area contributed by atoms with Crippen LogP contribution in [-0.4, -0.2) is 42.3 Å². The molecule has 0 aliphatic carbocycles. The first-order chi connectivity index (χ1) is 12.4. The van der Waals surface area contributed by atoms with Gasteiger partial charge in [-0.25, -0.2) is 4.79 Å². The minimum Gasteiger partial charge on any atom is -0.507 e. The molecular formula is C19H19ClO6. The minimum atomic E-state index is -0.740. The van der Waals surface area contributed by atoms with E-state index in [9.17, 15) is 14.7 Å². The summed E-state index contributed by atoms with van der Waals surface area (Å²) < 4.78 is 16.0. The molecule has 1 N–H and O–H groups in total. The summed E-state index contributed by atoms with van der Waals surface area (Å²) in [6.45, 7) is 1.75. The normalized spacial score (nSPS) is 28.2. The van der Waals surface area contributed by atoms with Gasteiger partial charge in [0, 0.05) is 24.5 Å². The van der Waals surface area contributed by atoms with Crippen molar-refractivity contribution in [3.05, 3.63) is 46.5 Å². The van der Waals surface area contributed by atoms with Crippen LogP contribution in [0.2, 0.25) is 5.02 Å². The zero-order chi connectivity index (χ0) is 18.8. The first-order valence-electron chi connectivity index (χ1n) is 8.23. The molecule has 7 heteroatoms. The predicted molar refractivity (Wildman–Crippen MR) is 94.8 cm³/mol. The number of carbonyl (C=O) groups is 2. The number of benzene rings is 1. The van der Waals surface area contributed by atoms with E-state index in [0.717, 1.165) is 0 Å². The maximum absolute atomic E-state index is 12.6. The van der Waals surface area contributed by atoms with Crippen LogP contribution in [-0.2, 0) is 20.7 Å². The van der Waals surface area contributed by atoms with E-state index in [4.69, 9.17) is 25.8 Å². The second kappa shape index (κ2) is 7.51. The number of allylic oxidation sites excluding steroid dienone is 3. The van der Waals surface area contributed by atoms with Gasteiger partial charge in [0.05, 0.1) is 18.2 Å². The molecule has 26 heavy (non-hydrogen) atoms. The van der Waals surface area contributed by atoms with Gasteiger partial charge in [0.1, 0.15) is 29.3 Å². The van der Waals surface area contributed by atoms with E-state index in [1.165, 1.54) is 19.3 Å². The quantitative estimate of drug-likeness (QED) is 0.597. The van der Waals surface area contributed by atoms with Gasteiger partial charge in [0.2, 0.25) is 0 Å². The Hall–Kier alpha value is -2.31. The van der Waals surface area contributed by atoms with Crippen LogP contribution in [0.4, 0.5) is 0 Å². The molecule has 0 saturated carbocycles. The van der Waals surface area contributed by atoms with Crippen molar-refractivity contribution >= 4 is 23.4 Å². The molecule has 138 valence electrons. The van der Waals surface area contributed by atoms with Gasteiger partial charge in [-0.1, -0.05) is 29.8 Å². The first kappa shape index (κ1) is 18.5. The number of halogens is 1. The second-order valence-electron chi connectivity index (χ2n) is 6.24. The lowest BCUT2D eigenvalue weighted by atomic mass is 9.99. The molecule has 0 radical (unpaired) electrons. The summed E-state index contributed by atoms with van der Waals surface area (Å²) in [5.74, 6) is -1.19. The van der Waals surface area contributed by atoms with Crippen LogP contribution >= 0.6 is 11.6 Å². The third-order valence-corrected chi connectivity index (χ3v) is 4.68. The predicted octanol–water partition coefficient (Wildman–Crippen LogP) is 2.99. The van der Waals surface area contributed by atoms with Crippen LogP contribution in [0, 0.1) is 0 Å². The average Bonchev–Trinajstić information content (AvgIpc) is 3.31. The highest BCUT2D eigenvalue weighted by molar-refractivity contribution is 6.33. The van der Waals surface area contributed by atoms with Crippen LogP contribution in [0.1, 0.15) is 29.3 Å². The van der Waals surface area contributed by atoms with Crippen LogP contribution in [0.3, 0.4) is 0 Å². The SMILES string of the molecule is COc1cc(O)c2c(c1Cl)CC(=O)/C=C/C=C\[C@H]1O[C@@H]1C[C@@H](C)OC2=O. The maximum atomic E-state index is 12.6. The molecule has 6 nitrogen and oxygen atoms in total. The summed E-state index contributed by atoms with van der Waals surface area (Å²) >= 11 is 6.29. The molecule has 3 rings (SSSR count). The lowest BCUT2D eigenvalue weighted by Crippen LogP contribution is -2.20. The number of ketones is 1. The third-order valence-electron chi connectivity index (χ3n) is 4.27. The summed E-state index contributed by atoms with van der Waals surface area (Å²) in [6, 6.07) is 1.24. The zero-order valence-electron chi connectivity index (χ0n) is 14.4. The van der Waals surface area contributed by atoms with Gasteiger partial charge in [-0.15, -0.1) is 0 Å². The molecule has 2 aliphatic heterocycles. The highest BCUT2D eigenvalue weighted by Crippen LogP contribution is 2.38. The van der Waals surface area contributed by atoms with Gasteiger partial charge in [-0.3, -0.25) is 4.79 Å².